The summed E-state index contributed by atoms with van der Waals surface area (Å²) in [7, 11) is 0. The smallest absolute Gasteiger partial charge is 0.332 e. The van der Waals surface area contributed by atoms with Crippen LogP contribution in [0.3, 0.4) is 0 Å². The van der Waals surface area contributed by atoms with Crippen LogP contribution in [0.15, 0.2) is 5.10 Å². The molecule has 2 rings (SSSR count). The number of nitrogens with zero attached hydrogens (tertiary/aromatic N) is 1. The Hall–Kier alpha value is -1.06. The van der Waals surface area contributed by atoms with Crippen molar-refractivity contribution < 1.29 is 4.79 Å². The minimum Gasteiger partial charge on any atom is -0.350 e. The Labute approximate surface area is 83.9 Å². The van der Waals surface area contributed by atoms with Crippen molar-refractivity contribution >= 4 is 11.7 Å². The van der Waals surface area contributed by atoms with E-state index in [1.165, 1.54) is 19.3 Å². The van der Waals surface area contributed by atoms with Gasteiger partial charge in [-0.1, -0.05) is 13.8 Å². The summed E-state index contributed by atoms with van der Waals surface area (Å²) in [5.74, 6) is 1.31. The fourth-order valence-electron chi connectivity index (χ4n) is 2.97. The number of carbonyl (C=O) groups is 1. The molecule has 0 radical (unpaired) electrons. The van der Waals surface area contributed by atoms with E-state index >= 15 is 0 Å². The molecule has 14 heavy (non-hydrogen) atoms. The molecule has 2 unspecified atom stereocenters. The lowest BCUT2D eigenvalue weighted by atomic mass is 9.75. The van der Waals surface area contributed by atoms with E-state index < -0.39 is 6.03 Å². The van der Waals surface area contributed by atoms with E-state index in [-0.39, 0.29) is 5.41 Å². The molecule has 0 aromatic carbocycles. The Kier molecular flexibility index (Phi) is 2.01. The largest absolute Gasteiger partial charge is 0.350 e. The summed E-state index contributed by atoms with van der Waals surface area (Å²) in [4.78, 5) is 10.6. The molecule has 2 saturated carbocycles. The van der Waals surface area contributed by atoms with E-state index in [4.69, 9.17) is 5.73 Å². The molecule has 0 aliphatic heterocycles. The highest BCUT2D eigenvalue weighted by Crippen LogP contribution is 2.53. The molecule has 4 nitrogen and oxygen atoms in total. The summed E-state index contributed by atoms with van der Waals surface area (Å²) in [6, 6.07) is -0.573. The van der Waals surface area contributed by atoms with Crippen molar-refractivity contribution in [3.05, 3.63) is 0 Å². The molecule has 0 spiro atoms. The molecular formula is C10H17N3O. The van der Waals surface area contributed by atoms with Crippen molar-refractivity contribution in [2.75, 3.05) is 0 Å². The number of rotatable bonds is 1. The second-order valence-electron chi connectivity index (χ2n) is 4.90. The topological polar surface area (TPSA) is 67.5 Å². The van der Waals surface area contributed by atoms with E-state index in [2.05, 4.69) is 24.4 Å². The fourth-order valence-corrected chi connectivity index (χ4v) is 2.97. The molecule has 78 valence electrons. The maximum absolute atomic E-state index is 10.6. The van der Waals surface area contributed by atoms with E-state index in [1.807, 2.05) is 0 Å². The number of hydrogen-bond acceptors (Lipinski definition) is 2. The van der Waals surface area contributed by atoms with E-state index in [9.17, 15) is 4.79 Å². The third-order valence-electron chi connectivity index (χ3n) is 3.79. The third kappa shape index (κ3) is 1.29. The molecule has 2 amide bonds. The second kappa shape index (κ2) is 2.97. The molecule has 2 bridgehead atoms. The molecule has 0 aromatic heterocycles. The van der Waals surface area contributed by atoms with E-state index in [0.29, 0.717) is 5.92 Å². The highest BCUT2D eigenvalue weighted by Gasteiger charge is 2.50. The zero-order chi connectivity index (χ0) is 10.3. The molecule has 0 heterocycles. The summed E-state index contributed by atoms with van der Waals surface area (Å²) in [5.41, 5.74) is 8.63. The Morgan fingerprint density at radius 1 is 1.57 bits per heavy atom. The van der Waals surface area contributed by atoms with Crippen molar-refractivity contribution in [2.45, 2.75) is 33.1 Å². The first kappa shape index (κ1) is 9.49. The summed E-state index contributed by atoms with van der Waals surface area (Å²) in [6.07, 6.45) is 3.74. The highest BCUT2D eigenvalue weighted by atomic mass is 16.2. The second-order valence-corrected chi connectivity index (χ2v) is 4.90. The van der Waals surface area contributed by atoms with Gasteiger partial charge in [-0.25, -0.2) is 10.2 Å². The zero-order valence-corrected chi connectivity index (χ0v) is 8.71. The summed E-state index contributed by atoms with van der Waals surface area (Å²) < 4.78 is 0. The predicted octanol–water partition coefficient (Wildman–Crippen LogP) is 1.47. The monoisotopic (exact) mass is 195 g/mol. The molecule has 0 aromatic rings. The van der Waals surface area contributed by atoms with Crippen LogP contribution in [0, 0.1) is 17.3 Å². The van der Waals surface area contributed by atoms with Crippen molar-refractivity contribution in [2.24, 2.45) is 28.1 Å². The zero-order valence-electron chi connectivity index (χ0n) is 8.71. The predicted molar refractivity (Wildman–Crippen MR) is 54.8 cm³/mol. The van der Waals surface area contributed by atoms with Gasteiger partial charge < -0.3 is 5.73 Å². The van der Waals surface area contributed by atoms with Gasteiger partial charge in [-0.2, -0.15) is 5.10 Å². The Morgan fingerprint density at radius 3 is 2.79 bits per heavy atom. The number of urea groups is 1. The SMILES string of the molecule is CC1(C)/C(=N\NC(N)=O)C2CCC1C2. The number of carbonyl (C=O) groups excluding carboxylic acids is 1. The van der Waals surface area contributed by atoms with Gasteiger partial charge in [0, 0.05) is 11.1 Å². The van der Waals surface area contributed by atoms with Crippen LogP contribution in [0.25, 0.3) is 0 Å². The first-order valence-corrected chi connectivity index (χ1v) is 5.15. The van der Waals surface area contributed by atoms with Crippen LogP contribution < -0.4 is 11.2 Å². The number of amides is 2. The van der Waals surface area contributed by atoms with Gasteiger partial charge in [-0.3, -0.25) is 0 Å². The van der Waals surface area contributed by atoms with Gasteiger partial charge in [0.1, 0.15) is 0 Å². The van der Waals surface area contributed by atoms with Crippen molar-refractivity contribution in [3.63, 3.8) is 0 Å². The van der Waals surface area contributed by atoms with Crippen LogP contribution >= 0.6 is 0 Å². The van der Waals surface area contributed by atoms with Crippen molar-refractivity contribution in [3.8, 4) is 0 Å². The standard InChI is InChI=1S/C10H17N3O/c1-10(2)7-4-3-6(5-7)8(10)12-13-9(11)14/h6-7H,3-5H2,1-2H3,(H3,11,13,14)/b12-8-. The average molecular weight is 195 g/mol. The van der Waals surface area contributed by atoms with Crippen molar-refractivity contribution in [1.29, 1.82) is 0 Å². The molecule has 2 atom stereocenters. The van der Waals surface area contributed by atoms with Crippen LogP contribution in [0.5, 0.6) is 0 Å². The summed E-state index contributed by atoms with van der Waals surface area (Å²) >= 11 is 0. The van der Waals surface area contributed by atoms with Gasteiger partial charge in [-0.05, 0) is 31.1 Å². The molecule has 2 aliphatic carbocycles. The average Bonchev–Trinajstić information content (AvgIpc) is 2.59. The Bertz CT molecular complexity index is 296. The molecule has 2 fully saturated rings. The van der Waals surface area contributed by atoms with Gasteiger partial charge in [0.15, 0.2) is 0 Å². The first-order valence-electron chi connectivity index (χ1n) is 5.15. The Morgan fingerprint density at radius 2 is 2.29 bits per heavy atom. The number of hydrazone groups is 1. The number of nitrogens with one attached hydrogen (secondary N) is 1. The number of hydrogen-bond donors (Lipinski definition) is 2. The van der Waals surface area contributed by atoms with Crippen molar-refractivity contribution in [1.82, 2.24) is 5.43 Å². The van der Waals surface area contributed by atoms with E-state index in [0.717, 1.165) is 11.6 Å². The number of fused-ring (bicyclic) bond motifs is 2. The molecule has 0 saturated heterocycles. The van der Waals surface area contributed by atoms with Gasteiger partial charge >= 0.3 is 6.03 Å². The lowest BCUT2D eigenvalue weighted by Gasteiger charge is -2.30. The Balaban J connectivity index is 2.19. The van der Waals surface area contributed by atoms with Crippen LogP contribution in [0.4, 0.5) is 4.79 Å². The third-order valence-corrected chi connectivity index (χ3v) is 3.79. The summed E-state index contributed by atoms with van der Waals surface area (Å²) in [6.45, 7) is 4.41. The van der Waals surface area contributed by atoms with Crippen LogP contribution in [-0.2, 0) is 0 Å². The normalized spacial score (nSPS) is 36.3. The van der Waals surface area contributed by atoms with Crippen LogP contribution in [0.1, 0.15) is 33.1 Å². The lowest BCUT2D eigenvalue weighted by Crippen LogP contribution is -2.34. The molecular weight excluding hydrogens is 178 g/mol. The first-order chi connectivity index (χ1) is 6.51. The fraction of sp³-hybridized carbons (Fsp3) is 0.800. The summed E-state index contributed by atoms with van der Waals surface area (Å²) in [5, 5.41) is 4.15. The maximum Gasteiger partial charge on any atom is 0.332 e. The van der Waals surface area contributed by atoms with E-state index in [1.54, 1.807) is 0 Å². The lowest BCUT2D eigenvalue weighted by molar-refractivity contribution is 0.249. The highest BCUT2D eigenvalue weighted by molar-refractivity contribution is 5.95. The molecule has 4 heteroatoms. The number of nitrogens with two attached hydrogens (primary N) is 1. The van der Waals surface area contributed by atoms with Gasteiger partial charge in [0.25, 0.3) is 0 Å². The minimum atomic E-state index is -0.573. The van der Waals surface area contributed by atoms with Crippen LogP contribution in [0.2, 0.25) is 0 Å². The molecule has 2 aliphatic rings. The van der Waals surface area contributed by atoms with Gasteiger partial charge in [0.05, 0.1) is 0 Å². The molecule has 3 N–H and O–H groups in total. The van der Waals surface area contributed by atoms with Crippen LogP contribution in [-0.4, -0.2) is 11.7 Å². The quantitative estimate of drug-likeness (QED) is 0.611. The van der Waals surface area contributed by atoms with Gasteiger partial charge in [-0.15, -0.1) is 0 Å². The minimum absolute atomic E-state index is 0.144. The van der Waals surface area contributed by atoms with Gasteiger partial charge in [0.2, 0.25) is 0 Å². The number of primary amides is 1. The maximum atomic E-state index is 10.6.